The average molecular weight is 406 g/mol. The second-order valence-electron chi connectivity index (χ2n) is 5.48. The molecule has 5 nitrogen and oxygen atoms in total. The van der Waals surface area contributed by atoms with Gasteiger partial charge in [0.25, 0.3) is 5.91 Å². The van der Waals surface area contributed by atoms with E-state index in [1.165, 1.54) is 22.7 Å². The van der Waals surface area contributed by atoms with Crippen molar-refractivity contribution < 1.29 is 9.59 Å². The minimum atomic E-state index is -0.187. The number of carbonyl (C=O) groups excluding carboxylic acids is 2. The molecule has 0 bridgehead atoms. The van der Waals surface area contributed by atoms with Crippen LogP contribution in [0.1, 0.15) is 20.9 Å². The third-order valence-corrected chi connectivity index (χ3v) is 5.44. The Morgan fingerprint density at radius 1 is 1.12 bits per heavy atom. The molecule has 2 aromatic heterocycles. The molecule has 0 aliphatic heterocycles. The van der Waals surface area contributed by atoms with Crippen LogP contribution >= 0.6 is 34.3 Å². The van der Waals surface area contributed by atoms with Gasteiger partial charge in [0, 0.05) is 16.9 Å². The smallest absolute Gasteiger partial charge is 0.267 e. The molecule has 2 amide bonds. The van der Waals surface area contributed by atoms with Crippen LogP contribution in [0.2, 0.25) is 5.02 Å². The molecule has 3 aromatic rings. The largest absolute Gasteiger partial charge is 0.355 e. The number of thiazole rings is 1. The molecule has 0 aliphatic carbocycles. The molecular weight excluding hydrogens is 390 g/mol. The number of rotatable bonds is 7. The van der Waals surface area contributed by atoms with E-state index in [2.05, 4.69) is 15.6 Å². The number of nitrogens with zero attached hydrogens (tertiary/aromatic N) is 1. The summed E-state index contributed by atoms with van der Waals surface area (Å²) in [5.74, 6) is -0.284. The van der Waals surface area contributed by atoms with Gasteiger partial charge in [-0.05, 0) is 35.6 Å². The molecule has 134 valence electrons. The van der Waals surface area contributed by atoms with Crippen molar-refractivity contribution in [3.8, 4) is 0 Å². The van der Waals surface area contributed by atoms with Gasteiger partial charge >= 0.3 is 0 Å². The Morgan fingerprint density at radius 3 is 2.65 bits per heavy atom. The van der Waals surface area contributed by atoms with Gasteiger partial charge in [-0.15, -0.1) is 22.7 Å². The van der Waals surface area contributed by atoms with Gasteiger partial charge < -0.3 is 5.32 Å². The maximum atomic E-state index is 12.0. The fourth-order valence-corrected chi connectivity index (χ4v) is 3.69. The van der Waals surface area contributed by atoms with E-state index in [0.717, 1.165) is 12.0 Å². The second-order valence-corrected chi connectivity index (χ2v) is 7.72. The Hall–Kier alpha value is -2.22. The lowest BCUT2D eigenvalue weighted by atomic mass is 10.1. The van der Waals surface area contributed by atoms with Gasteiger partial charge in [0.05, 0.1) is 17.0 Å². The number of aromatic nitrogens is 1. The fourth-order valence-electron chi connectivity index (χ4n) is 2.24. The van der Waals surface area contributed by atoms with Crippen molar-refractivity contribution in [3.63, 3.8) is 0 Å². The summed E-state index contributed by atoms with van der Waals surface area (Å²) in [7, 11) is 0. The van der Waals surface area contributed by atoms with Gasteiger partial charge in [-0.3, -0.25) is 14.9 Å². The Morgan fingerprint density at radius 2 is 1.92 bits per heavy atom. The summed E-state index contributed by atoms with van der Waals surface area (Å²) < 4.78 is 0. The van der Waals surface area contributed by atoms with Crippen molar-refractivity contribution in [3.05, 3.63) is 68.3 Å². The number of hydrogen-bond donors (Lipinski definition) is 2. The van der Waals surface area contributed by atoms with Crippen molar-refractivity contribution in [2.24, 2.45) is 0 Å². The van der Waals surface area contributed by atoms with Gasteiger partial charge in [0.15, 0.2) is 5.13 Å². The van der Waals surface area contributed by atoms with E-state index >= 15 is 0 Å². The van der Waals surface area contributed by atoms with Gasteiger partial charge in [-0.25, -0.2) is 4.98 Å². The molecule has 0 saturated heterocycles. The Balaban J connectivity index is 1.44. The lowest BCUT2D eigenvalue weighted by Crippen LogP contribution is -2.27. The maximum absolute atomic E-state index is 12.0. The first-order valence-electron chi connectivity index (χ1n) is 7.90. The standard InChI is InChI=1S/C18H16ClN3O2S2/c19-13-5-3-12(4-6-13)7-8-20-16(23)10-14-11-26-18(21-14)22-17(24)15-2-1-9-25-15/h1-6,9,11H,7-8,10H2,(H,20,23)(H,21,22,24). The first kappa shape index (κ1) is 18.6. The monoisotopic (exact) mass is 405 g/mol. The molecular formula is C18H16ClN3O2S2. The van der Waals surface area contributed by atoms with Crippen molar-refractivity contribution in [2.75, 3.05) is 11.9 Å². The van der Waals surface area contributed by atoms with Crippen LogP contribution in [0.5, 0.6) is 0 Å². The van der Waals surface area contributed by atoms with Crippen molar-refractivity contribution >= 4 is 51.2 Å². The highest BCUT2D eigenvalue weighted by atomic mass is 35.5. The first-order valence-corrected chi connectivity index (χ1v) is 10.0. The number of amides is 2. The zero-order chi connectivity index (χ0) is 18.4. The van der Waals surface area contributed by atoms with E-state index in [1.807, 2.05) is 35.7 Å². The van der Waals surface area contributed by atoms with E-state index in [0.29, 0.717) is 27.3 Å². The summed E-state index contributed by atoms with van der Waals surface area (Å²) in [6.07, 6.45) is 0.925. The molecule has 0 unspecified atom stereocenters. The number of thiophene rings is 1. The highest BCUT2D eigenvalue weighted by molar-refractivity contribution is 7.14. The normalized spacial score (nSPS) is 10.5. The number of nitrogens with one attached hydrogen (secondary N) is 2. The van der Waals surface area contributed by atoms with Gasteiger partial charge in [0.1, 0.15) is 0 Å². The Kier molecular flexibility index (Phi) is 6.38. The molecule has 26 heavy (non-hydrogen) atoms. The summed E-state index contributed by atoms with van der Waals surface area (Å²) in [5, 5.41) is 10.4. The van der Waals surface area contributed by atoms with Crippen LogP contribution in [0.4, 0.5) is 5.13 Å². The number of anilines is 1. The third kappa shape index (κ3) is 5.39. The molecule has 0 radical (unpaired) electrons. The molecule has 2 N–H and O–H groups in total. The number of carbonyl (C=O) groups is 2. The lowest BCUT2D eigenvalue weighted by Gasteiger charge is -2.04. The van der Waals surface area contributed by atoms with E-state index in [9.17, 15) is 9.59 Å². The second kappa shape index (κ2) is 8.93. The Labute approximate surface area is 164 Å². The zero-order valence-electron chi connectivity index (χ0n) is 13.7. The van der Waals surface area contributed by atoms with Crippen molar-refractivity contribution in [2.45, 2.75) is 12.8 Å². The average Bonchev–Trinajstić information content (AvgIpc) is 3.29. The third-order valence-electron chi connectivity index (χ3n) is 3.51. The summed E-state index contributed by atoms with van der Waals surface area (Å²) in [5.41, 5.74) is 1.75. The van der Waals surface area contributed by atoms with E-state index < -0.39 is 0 Å². The highest BCUT2D eigenvalue weighted by Gasteiger charge is 2.11. The SMILES string of the molecule is O=C(Cc1csc(NC(=O)c2cccs2)n1)NCCc1ccc(Cl)cc1. The van der Waals surface area contributed by atoms with Crippen LogP contribution in [0.15, 0.2) is 47.2 Å². The van der Waals surface area contributed by atoms with Crippen LogP contribution in [-0.2, 0) is 17.6 Å². The van der Waals surface area contributed by atoms with E-state index in [-0.39, 0.29) is 18.2 Å². The Bertz CT molecular complexity index is 876. The first-order chi connectivity index (χ1) is 12.6. The molecule has 0 atom stereocenters. The number of benzene rings is 1. The van der Waals surface area contributed by atoms with Gasteiger partial charge in [-0.2, -0.15) is 0 Å². The van der Waals surface area contributed by atoms with E-state index in [1.54, 1.807) is 11.4 Å². The highest BCUT2D eigenvalue weighted by Crippen LogP contribution is 2.18. The zero-order valence-corrected chi connectivity index (χ0v) is 16.1. The van der Waals surface area contributed by atoms with E-state index in [4.69, 9.17) is 11.6 Å². The van der Waals surface area contributed by atoms with Crippen LogP contribution in [-0.4, -0.2) is 23.3 Å². The summed E-state index contributed by atoms with van der Waals surface area (Å²) in [6, 6.07) is 11.1. The predicted molar refractivity (Wildman–Crippen MR) is 106 cm³/mol. The van der Waals surface area contributed by atoms with Crippen LogP contribution < -0.4 is 10.6 Å². The topological polar surface area (TPSA) is 71.1 Å². The molecule has 8 heteroatoms. The summed E-state index contributed by atoms with van der Waals surface area (Å²) in [4.78, 5) is 28.9. The minimum absolute atomic E-state index is 0.0969. The molecule has 3 rings (SSSR count). The van der Waals surface area contributed by atoms with Crippen LogP contribution in [0, 0.1) is 0 Å². The molecule has 0 spiro atoms. The van der Waals surface area contributed by atoms with Gasteiger partial charge in [-0.1, -0.05) is 29.8 Å². The molecule has 0 fully saturated rings. The lowest BCUT2D eigenvalue weighted by molar-refractivity contribution is -0.120. The fraction of sp³-hybridized carbons (Fsp3) is 0.167. The number of hydrogen-bond acceptors (Lipinski definition) is 5. The number of halogens is 1. The predicted octanol–water partition coefficient (Wildman–Crippen LogP) is 4.01. The van der Waals surface area contributed by atoms with Crippen molar-refractivity contribution in [1.29, 1.82) is 0 Å². The van der Waals surface area contributed by atoms with Gasteiger partial charge in [0.2, 0.25) is 5.91 Å². The van der Waals surface area contributed by atoms with Crippen LogP contribution in [0.3, 0.4) is 0 Å². The molecule has 1 aromatic carbocycles. The molecule has 0 aliphatic rings. The van der Waals surface area contributed by atoms with Crippen LogP contribution in [0.25, 0.3) is 0 Å². The summed E-state index contributed by atoms with van der Waals surface area (Å²) in [6.45, 7) is 0.548. The molecule has 0 saturated carbocycles. The maximum Gasteiger partial charge on any atom is 0.267 e. The van der Waals surface area contributed by atoms with Crippen molar-refractivity contribution in [1.82, 2.24) is 10.3 Å². The quantitative estimate of drug-likeness (QED) is 0.623. The minimum Gasteiger partial charge on any atom is -0.355 e. The molecule has 2 heterocycles. The summed E-state index contributed by atoms with van der Waals surface area (Å²) >= 11 is 8.52.